The summed E-state index contributed by atoms with van der Waals surface area (Å²) in [4.78, 5) is 33.4. The average Bonchev–Trinajstić information content (AvgIpc) is 0.648. The maximum absolute atomic E-state index is 9.14. The molecule has 0 spiro atoms. The Morgan fingerprint density at radius 2 is 0.500 bits per heavy atom. The Bertz CT molecular complexity index is 5620. The van der Waals surface area contributed by atoms with Crippen molar-refractivity contribution in [2.24, 2.45) is 4.52 Å². The van der Waals surface area contributed by atoms with E-state index in [4.69, 9.17) is 59.7 Å². The molecule has 0 aliphatic carbocycles. The molecule has 0 saturated heterocycles. The van der Waals surface area contributed by atoms with Gasteiger partial charge >= 0.3 is 711 Å². The van der Waals surface area contributed by atoms with Crippen LogP contribution in [0.15, 0.2) is 375 Å². The second-order valence-corrected chi connectivity index (χ2v) is 38.4. The van der Waals surface area contributed by atoms with Gasteiger partial charge in [-0.3, -0.25) is 0 Å². The molecule has 604 valence electrons. The third-order valence-electron chi connectivity index (χ3n) is 18.3. The molecule has 1 aliphatic rings. The molecule has 12 aromatic rings. The molecule has 3 atom stereocenters. The third kappa shape index (κ3) is 17.4. The molecular weight excluding hydrogens is 1610 g/mol. The monoisotopic (exact) mass is 1700 g/mol. The molecule has 0 fully saturated rings. The zero-order valence-corrected chi connectivity index (χ0v) is 71.2. The fourth-order valence-electron chi connectivity index (χ4n) is 12.5. The number of nitrogens with one attached hydrogen (secondary N) is 2. The number of hydrogen-bond acceptors (Lipinski definition) is 18. The molecule has 0 amide bonds. The van der Waals surface area contributed by atoms with Crippen molar-refractivity contribution in [1.82, 2.24) is 23.5 Å². The molecular formula is C96H88N6O12P6. The fourth-order valence-corrected chi connectivity index (χ4v) is 31.4. The van der Waals surface area contributed by atoms with Crippen LogP contribution in [-0.2, 0) is 0 Å². The zero-order valence-electron chi connectivity index (χ0n) is 65.6. The summed E-state index contributed by atoms with van der Waals surface area (Å²) in [5.41, 5.74) is 4.16. The summed E-state index contributed by atoms with van der Waals surface area (Å²) in [6.07, 6.45) is 19.4. The molecule has 1 aliphatic heterocycles. The standard InChI is InChI=1S/C96H88N6O12P6/c1-13-73-49-25-37-61-85(73)103-100-117(106-88-64-40-28-52-76(88)16-4)98-115-97-116-99-118(107-89-65-41-29-53-77(89)17-5,108-90-66-42-30-54-78(90)18-6)101(104-86-62-38-26-50-74(86)14-2)120(112-94-70-46-34-58-82(94)22-10,113-95-71-47-35-59-83(95)23-11,114-96-72-48-36-60-84(96)24-12)102(105-87-63-39-27-51-75(87)15-3)119(100,109-91-67-43-31-55-79(91)19-7,110-92-68-44-32-56-80(92)20-8)111-93-69-45-33-57-81(93)21-9/h13-72,97-98,115-116H,1-12H2. The predicted octanol–water partition coefficient (Wildman–Crippen LogP) is 28.9. The fraction of sp³-hybridized carbons (Fsp3) is 0. The molecule has 18 nitrogen and oxygen atoms in total. The Hall–Kier alpha value is -12.7. The van der Waals surface area contributed by atoms with E-state index in [0.29, 0.717) is 50.1 Å². The Morgan fingerprint density at radius 1 is 0.275 bits per heavy atom. The van der Waals surface area contributed by atoms with Crippen LogP contribution in [0.25, 0.3) is 72.9 Å². The minimum absolute atomic E-state index is 0.0174. The van der Waals surface area contributed by atoms with Crippen molar-refractivity contribution in [3.05, 3.63) is 437 Å². The molecule has 0 bridgehead atoms. The average molecular weight is 1700 g/mol. The van der Waals surface area contributed by atoms with Crippen LogP contribution in [0.3, 0.4) is 0 Å². The van der Waals surface area contributed by atoms with E-state index in [9.17, 15) is 0 Å². The first kappa shape index (κ1) is 85.2. The summed E-state index contributed by atoms with van der Waals surface area (Å²) in [5, 5.41) is 0. The summed E-state index contributed by atoms with van der Waals surface area (Å²) in [5.74, 6) is -0.193. The Morgan fingerprint density at radius 3 is 0.800 bits per heavy atom. The van der Waals surface area contributed by atoms with E-state index in [1.165, 1.54) is 13.8 Å². The molecule has 24 heteroatoms. The van der Waals surface area contributed by atoms with Crippen molar-refractivity contribution in [1.29, 1.82) is 0 Å². The van der Waals surface area contributed by atoms with Crippen molar-refractivity contribution in [2.45, 2.75) is 0 Å². The summed E-state index contributed by atoms with van der Waals surface area (Å²) in [6.45, 7) is 53.5. The Labute approximate surface area is 706 Å². The second-order valence-electron chi connectivity index (χ2n) is 25.7. The summed E-state index contributed by atoms with van der Waals surface area (Å²) >= 11 is 0. The molecule has 13 rings (SSSR count). The molecule has 0 aromatic heterocycles. The second kappa shape index (κ2) is 38.8. The maximum atomic E-state index is 9.14. The van der Waals surface area contributed by atoms with E-state index in [-0.39, 0.29) is 85.7 Å². The number of hydrogen-bond donors (Lipinski definition) is 2. The minimum atomic E-state index is -8.16. The van der Waals surface area contributed by atoms with Gasteiger partial charge in [-0.2, -0.15) is 0 Å². The van der Waals surface area contributed by atoms with Gasteiger partial charge < -0.3 is 0 Å². The molecule has 0 saturated carbocycles. The van der Waals surface area contributed by atoms with Gasteiger partial charge in [0.1, 0.15) is 0 Å². The third-order valence-corrected chi connectivity index (χ3v) is 34.5. The quantitative estimate of drug-likeness (QED) is 0.0357. The van der Waals surface area contributed by atoms with Crippen LogP contribution in [0.5, 0.6) is 69.0 Å². The number of nitrogens with zero attached hydrogens (tertiary/aromatic N) is 4. The van der Waals surface area contributed by atoms with Crippen molar-refractivity contribution >= 4 is 122 Å². The van der Waals surface area contributed by atoms with Gasteiger partial charge in [-0.05, 0) is 0 Å². The van der Waals surface area contributed by atoms with Crippen LogP contribution in [-0.4, -0.2) is 13.8 Å². The van der Waals surface area contributed by atoms with E-state index < -0.39 is 49.0 Å². The Balaban J connectivity index is 1.51. The van der Waals surface area contributed by atoms with Gasteiger partial charge in [-0.15, -0.1) is 0 Å². The molecule has 12 aromatic carbocycles. The van der Waals surface area contributed by atoms with Crippen LogP contribution in [0.4, 0.5) is 0 Å². The summed E-state index contributed by atoms with van der Waals surface area (Å²) < 4.78 is 88.9. The predicted molar refractivity (Wildman–Crippen MR) is 504 cm³/mol. The van der Waals surface area contributed by atoms with Gasteiger partial charge in [0.2, 0.25) is 0 Å². The topological polar surface area (TPSA) is 157 Å². The zero-order chi connectivity index (χ0) is 84.0. The molecule has 0 radical (unpaired) electrons. The van der Waals surface area contributed by atoms with Crippen molar-refractivity contribution in [3.63, 3.8) is 0 Å². The normalized spacial score (nSPS) is 16.3. The first-order valence-electron chi connectivity index (χ1n) is 37.5. The van der Waals surface area contributed by atoms with Crippen LogP contribution in [0, 0.1) is 0 Å². The molecule has 120 heavy (non-hydrogen) atoms. The van der Waals surface area contributed by atoms with Gasteiger partial charge in [0.15, 0.2) is 0 Å². The van der Waals surface area contributed by atoms with Gasteiger partial charge in [-0.1, -0.05) is 0 Å². The van der Waals surface area contributed by atoms with E-state index >= 15 is 0 Å². The van der Waals surface area contributed by atoms with E-state index in [1.54, 1.807) is 261 Å². The van der Waals surface area contributed by atoms with Crippen LogP contribution in [0.2, 0.25) is 0 Å². The van der Waals surface area contributed by atoms with Gasteiger partial charge in [0, 0.05) is 0 Å². The van der Waals surface area contributed by atoms with Crippen molar-refractivity contribution in [2.75, 3.05) is 0 Å². The van der Waals surface area contributed by atoms with E-state index in [2.05, 4.69) is 88.7 Å². The van der Waals surface area contributed by atoms with Gasteiger partial charge in [0.05, 0.1) is 0 Å². The number of benzene rings is 12. The van der Waals surface area contributed by atoms with Crippen LogP contribution >= 0.6 is 49.0 Å². The summed E-state index contributed by atoms with van der Waals surface area (Å²) in [7, 11) is -26.4. The van der Waals surface area contributed by atoms with Crippen LogP contribution in [0.1, 0.15) is 66.8 Å². The van der Waals surface area contributed by atoms with E-state index in [0.717, 1.165) is 0 Å². The van der Waals surface area contributed by atoms with E-state index in [1.807, 2.05) is 103 Å². The first-order chi connectivity index (χ1) is 58.7. The van der Waals surface area contributed by atoms with Crippen molar-refractivity contribution in [3.8, 4) is 69.0 Å². The van der Waals surface area contributed by atoms with Gasteiger partial charge in [-0.25, -0.2) is 0 Å². The van der Waals surface area contributed by atoms with Crippen molar-refractivity contribution < 1.29 is 55.2 Å². The Kier molecular flexibility index (Phi) is 27.5. The molecule has 1 heterocycles. The summed E-state index contributed by atoms with van der Waals surface area (Å²) in [6, 6.07) is 85.3. The molecule has 3 unspecified atom stereocenters. The van der Waals surface area contributed by atoms with Gasteiger partial charge in [0.25, 0.3) is 0 Å². The number of para-hydroxylation sites is 12. The molecule has 2 N–H and O–H groups in total. The van der Waals surface area contributed by atoms with Crippen LogP contribution < -0.4 is 64.9 Å². The first-order valence-corrected chi connectivity index (χ1v) is 46.0. The SMILES string of the molecule is C=Cc1ccccc1ON1P(Oc2ccccc2C=C)NPNPN=P(Oc2ccccc2C=C)(Oc2ccccc2C=C)N(Oc2ccccc2C=C)P(Oc2ccccc2C=C)(Oc2ccccc2C=C)(Oc2ccccc2C=C)N(Oc2ccccc2C=C)P1(Oc1ccccc1C=C)(Oc1ccccc1C=C)Oc1ccccc1C=C. The number of rotatable bonds is 36.